The lowest BCUT2D eigenvalue weighted by Gasteiger charge is -2.16. The molecule has 0 heterocycles. The van der Waals surface area contributed by atoms with E-state index in [2.05, 4.69) is 19.6 Å². The molecule has 0 aliphatic rings. The Balaban J connectivity index is 2.55. The molecule has 1 rings (SSSR count). The number of phenolic OH excluding ortho intramolecular Hbond substituents is 1. The van der Waals surface area contributed by atoms with Crippen LogP contribution in [0.2, 0.25) is 19.6 Å². The van der Waals surface area contributed by atoms with Crippen LogP contribution in [0.3, 0.4) is 0 Å². The second-order valence-corrected chi connectivity index (χ2v) is 9.76. The third-order valence-electron chi connectivity index (χ3n) is 1.49. The molecule has 0 aromatic heterocycles. The predicted molar refractivity (Wildman–Crippen MR) is 56.9 cm³/mol. The van der Waals surface area contributed by atoms with Crippen LogP contribution in [0.15, 0.2) is 24.3 Å². The Morgan fingerprint density at radius 2 is 2.00 bits per heavy atom. The van der Waals surface area contributed by atoms with Crippen molar-refractivity contribution in [2.75, 3.05) is 6.23 Å². The number of aromatic hydroxyl groups is 1. The van der Waals surface area contributed by atoms with E-state index in [1.165, 1.54) is 0 Å². The van der Waals surface area contributed by atoms with E-state index in [0.717, 1.165) is 12.0 Å². The molecule has 0 amide bonds. The molecule has 0 aliphatic carbocycles. The van der Waals surface area contributed by atoms with Crippen LogP contribution in [-0.4, -0.2) is 19.4 Å². The third kappa shape index (κ3) is 3.99. The second-order valence-electron chi connectivity index (χ2n) is 4.35. The zero-order chi connectivity index (χ0) is 9.90. The summed E-state index contributed by atoms with van der Waals surface area (Å²) in [5.74, 6) is 1.01. The van der Waals surface area contributed by atoms with Crippen LogP contribution in [0.25, 0.3) is 0 Å². The third-order valence-corrected chi connectivity index (χ3v) is 2.50. The maximum absolute atomic E-state index is 9.17. The molecule has 1 N–H and O–H groups in total. The van der Waals surface area contributed by atoms with Gasteiger partial charge in [0.2, 0.25) is 0 Å². The molecule has 0 radical (unpaired) electrons. The van der Waals surface area contributed by atoms with Gasteiger partial charge >= 0.3 is 0 Å². The molecular weight excluding hydrogens is 180 g/mol. The molecular formula is C10H16O2Si. The van der Waals surface area contributed by atoms with Gasteiger partial charge in [0.25, 0.3) is 0 Å². The van der Waals surface area contributed by atoms with Gasteiger partial charge in [-0.15, -0.1) is 0 Å². The Morgan fingerprint density at radius 3 is 2.54 bits per heavy atom. The van der Waals surface area contributed by atoms with Gasteiger partial charge in [0.1, 0.15) is 11.5 Å². The fourth-order valence-electron chi connectivity index (χ4n) is 0.873. The van der Waals surface area contributed by atoms with Gasteiger partial charge in [-0.2, -0.15) is 0 Å². The lowest BCUT2D eigenvalue weighted by molar-refractivity contribution is 0.374. The topological polar surface area (TPSA) is 29.5 Å². The first-order valence-electron chi connectivity index (χ1n) is 4.39. The van der Waals surface area contributed by atoms with Gasteiger partial charge in [-0.3, -0.25) is 0 Å². The molecule has 1 aromatic rings. The predicted octanol–water partition coefficient (Wildman–Crippen LogP) is 2.65. The van der Waals surface area contributed by atoms with Crippen LogP contribution in [0.5, 0.6) is 11.5 Å². The summed E-state index contributed by atoms with van der Waals surface area (Å²) in [6.45, 7) is 6.74. The van der Waals surface area contributed by atoms with Crippen LogP contribution in [0, 0.1) is 0 Å². The highest BCUT2D eigenvalue weighted by Gasteiger charge is 2.13. The molecule has 0 bridgehead atoms. The summed E-state index contributed by atoms with van der Waals surface area (Å²) < 4.78 is 5.55. The first-order valence-corrected chi connectivity index (χ1v) is 8.10. The van der Waals surface area contributed by atoms with Gasteiger partial charge in [0.05, 0.1) is 14.3 Å². The standard InChI is InChI=1S/C10H16O2Si/c1-13(2,3)8-12-10-6-4-5-9(11)7-10/h4-7,11H,8H2,1-3H3. The fraction of sp³-hybridized carbons (Fsp3) is 0.400. The van der Waals surface area contributed by atoms with Crippen LogP contribution in [0.1, 0.15) is 0 Å². The van der Waals surface area contributed by atoms with Gasteiger partial charge in [-0.05, 0) is 12.1 Å². The minimum Gasteiger partial charge on any atom is -0.508 e. The van der Waals surface area contributed by atoms with Crippen molar-refractivity contribution in [1.29, 1.82) is 0 Å². The average molecular weight is 196 g/mol. The molecule has 0 saturated carbocycles. The van der Waals surface area contributed by atoms with Crippen molar-refractivity contribution < 1.29 is 9.84 Å². The Labute approximate surface area is 80.2 Å². The van der Waals surface area contributed by atoms with Gasteiger partial charge in [-0.25, -0.2) is 0 Å². The average Bonchev–Trinajstić information content (AvgIpc) is 2.00. The molecule has 2 nitrogen and oxygen atoms in total. The van der Waals surface area contributed by atoms with Crippen molar-refractivity contribution in [3.05, 3.63) is 24.3 Å². The molecule has 0 fully saturated rings. The minimum absolute atomic E-state index is 0.257. The molecule has 0 atom stereocenters. The summed E-state index contributed by atoms with van der Waals surface area (Å²) in [4.78, 5) is 0. The van der Waals surface area contributed by atoms with Crippen molar-refractivity contribution in [1.82, 2.24) is 0 Å². The molecule has 3 heteroatoms. The SMILES string of the molecule is C[Si](C)(C)COc1cccc(O)c1. The van der Waals surface area contributed by atoms with Crippen LogP contribution < -0.4 is 4.74 Å². The highest BCUT2D eigenvalue weighted by atomic mass is 28.3. The zero-order valence-corrected chi connectivity index (χ0v) is 9.37. The molecule has 0 unspecified atom stereocenters. The lowest BCUT2D eigenvalue weighted by atomic mass is 10.3. The summed E-state index contributed by atoms with van der Waals surface area (Å²) in [5.41, 5.74) is 0. The molecule has 0 saturated heterocycles. The minimum atomic E-state index is -1.16. The number of hydrogen-bond acceptors (Lipinski definition) is 2. The van der Waals surface area contributed by atoms with E-state index in [1.807, 2.05) is 6.07 Å². The Hall–Kier alpha value is -0.963. The molecule has 13 heavy (non-hydrogen) atoms. The molecule has 1 aromatic carbocycles. The summed E-state index contributed by atoms with van der Waals surface area (Å²) in [6.07, 6.45) is 0.788. The van der Waals surface area contributed by atoms with E-state index in [1.54, 1.807) is 18.2 Å². The molecule has 0 spiro atoms. The van der Waals surface area contributed by atoms with Crippen molar-refractivity contribution >= 4 is 8.07 Å². The number of ether oxygens (including phenoxy) is 1. The summed E-state index contributed by atoms with van der Waals surface area (Å²) >= 11 is 0. The maximum atomic E-state index is 9.17. The molecule has 0 aliphatic heterocycles. The first kappa shape index (κ1) is 10.1. The number of benzene rings is 1. The smallest absolute Gasteiger partial charge is 0.122 e. The number of hydrogen-bond donors (Lipinski definition) is 1. The van der Waals surface area contributed by atoms with Crippen molar-refractivity contribution in [3.8, 4) is 11.5 Å². The van der Waals surface area contributed by atoms with E-state index < -0.39 is 8.07 Å². The van der Waals surface area contributed by atoms with Gasteiger partial charge < -0.3 is 9.84 Å². The maximum Gasteiger partial charge on any atom is 0.122 e. The molecule has 72 valence electrons. The monoisotopic (exact) mass is 196 g/mol. The van der Waals surface area contributed by atoms with Crippen LogP contribution in [0.4, 0.5) is 0 Å². The van der Waals surface area contributed by atoms with E-state index in [9.17, 15) is 5.11 Å². The van der Waals surface area contributed by atoms with Gasteiger partial charge in [0.15, 0.2) is 0 Å². The first-order chi connectivity index (χ1) is 5.97. The Bertz CT molecular complexity index is 278. The van der Waals surface area contributed by atoms with E-state index in [4.69, 9.17) is 4.74 Å². The quantitative estimate of drug-likeness (QED) is 0.753. The van der Waals surface area contributed by atoms with Crippen molar-refractivity contribution in [2.24, 2.45) is 0 Å². The Kier molecular flexibility index (Phi) is 2.98. The summed E-state index contributed by atoms with van der Waals surface area (Å²) in [6, 6.07) is 6.93. The van der Waals surface area contributed by atoms with Gasteiger partial charge in [0, 0.05) is 6.07 Å². The second kappa shape index (κ2) is 3.83. The van der Waals surface area contributed by atoms with E-state index in [0.29, 0.717) is 0 Å². The van der Waals surface area contributed by atoms with Gasteiger partial charge in [-0.1, -0.05) is 25.7 Å². The Morgan fingerprint density at radius 1 is 1.31 bits per heavy atom. The van der Waals surface area contributed by atoms with Crippen LogP contribution in [-0.2, 0) is 0 Å². The van der Waals surface area contributed by atoms with E-state index >= 15 is 0 Å². The lowest BCUT2D eigenvalue weighted by Crippen LogP contribution is -2.29. The number of rotatable bonds is 3. The van der Waals surface area contributed by atoms with Crippen molar-refractivity contribution in [3.63, 3.8) is 0 Å². The zero-order valence-electron chi connectivity index (χ0n) is 8.37. The van der Waals surface area contributed by atoms with Crippen molar-refractivity contribution in [2.45, 2.75) is 19.6 Å². The van der Waals surface area contributed by atoms with Crippen LogP contribution >= 0.6 is 0 Å². The largest absolute Gasteiger partial charge is 0.508 e. The normalized spacial score (nSPS) is 11.3. The van der Waals surface area contributed by atoms with E-state index in [-0.39, 0.29) is 5.75 Å². The summed E-state index contributed by atoms with van der Waals surface area (Å²) in [5, 5.41) is 9.17. The highest BCUT2D eigenvalue weighted by molar-refractivity contribution is 6.76. The summed E-state index contributed by atoms with van der Waals surface area (Å²) in [7, 11) is -1.16. The number of phenols is 1. The fourth-order valence-corrected chi connectivity index (χ4v) is 1.47. The highest BCUT2D eigenvalue weighted by Crippen LogP contribution is 2.18.